The summed E-state index contributed by atoms with van der Waals surface area (Å²) in [6.45, 7) is 4.90. The summed E-state index contributed by atoms with van der Waals surface area (Å²) >= 11 is 0. The van der Waals surface area contributed by atoms with Crippen molar-refractivity contribution in [1.82, 2.24) is 9.78 Å². The average Bonchev–Trinajstić information content (AvgIpc) is 2.84. The van der Waals surface area contributed by atoms with Gasteiger partial charge in [0.1, 0.15) is 5.82 Å². The van der Waals surface area contributed by atoms with Crippen LogP contribution in [0.4, 0.5) is 11.5 Å². The molecule has 0 saturated heterocycles. The number of nitro benzene ring substituents is 1. The fourth-order valence-electron chi connectivity index (χ4n) is 3.56. The van der Waals surface area contributed by atoms with Gasteiger partial charge >= 0.3 is 0 Å². The fourth-order valence-corrected chi connectivity index (χ4v) is 3.56. The van der Waals surface area contributed by atoms with Crippen LogP contribution in [-0.4, -0.2) is 21.2 Å². The highest BCUT2D eigenvalue weighted by molar-refractivity contribution is 5.72. The summed E-state index contributed by atoms with van der Waals surface area (Å²) < 4.78 is 1.85. The van der Waals surface area contributed by atoms with Crippen molar-refractivity contribution < 1.29 is 4.92 Å². The molecule has 2 heterocycles. The van der Waals surface area contributed by atoms with Gasteiger partial charge in [-0.3, -0.25) is 10.1 Å². The number of nitrogens with one attached hydrogen (secondary N) is 1. The monoisotopic (exact) mass is 362 g/mol. The molecular weight excluding hydrogens is 340 g/mol. The van der Waals surface area contributed by atoms with E-state index in [2.05, 4.69) is 36.5 Å². The first-order valence-corrected chi connectivity index (χ1v) is 9.23. The number of rotatable bonds is 3. The Morgan fingerprint density at radius 2 is 1.89 bits per heavy atom. The first kappa shape index (κ1) is 17.3. The number of hydrogen-bond donors (Lipinski definition) is 1. The van der Waals surface area contributed by atoms with Crippen LogP contribution in [0.3, 0.4) is 0 Å². The van der Waals surface area contributed by atoms with Crippen molar-refractivity contribution in [3.05, 3.63) is 69.3 Å². The van der Waals surface area contributed by atoms with Crippen LogP contribution in [0, 0.1) is 24.0 Å². The van der Waals surface area contributed by atoms with Crippen molar-refractivity contribution in [1.29, 1.82) is 0 Å². The van der Waals surface area contributed by atoms with E-state index in [9.17, 15) is 10.1 Å². The van der Waals surface area contributed by atoms with Crippen LogP contribution in [0.1, 0.15) is 29.5 Å². The van der Waals surface area contributed by atoms with Gasteiger partial charge in [0.15, 0.2) is 0 Å². The number of non-ortho nitro benzene ring substituents is 1. The lowest BCUT2D eigenvalue weighted by molar-refractivity contribution is -0.384. The van der Waals surface area contributed by atoms with Crippen molar-refractivity contribution in [3.63, 3.8) is 0 Å². The topological polar surface area (TPSA) is 73.0 Å². The Labute approximate surface area is 158 Å². The van der Waals surface area contributed by atoms with Crippen molar-refractivity contribution in [2.24, 2.45) is 0 Å². The molecule has 0 radical (unpaired) electrons. The molecule has 0 saturated carbocycles. The fraction of sp³-hybridized carbons (Fsp3) is 0.286. The first-order chi connectivity index (χ1) is 13.0. The molecular formula is C21H22N4O2. The number of anilines is 1. The van der Waals surface area contributed by atoms with Crippen LogP contribution in [-0.2, 0) is 6.42 Å². The van der Waals surface area contributed by atoms with E-state index in [1.54, 1.807) is 12.1 Å². The molecule has 6 heteroatoms. The van der Waals surface area contributed by atoms with Crippen LogP contribution in [0.2, 0.25) is 0 Å². The summed E-state index contributed by atoms with van der Waals surface area (Å²) in [7, 11) is 0. The number of fused-ring (bicyclic) bond motifs is 1. The van der Waals surface area contributed by atoms with E-state index in [1.807, 2.05) is 11.6 Å². The Bertz CT molecular complexity index is 1010. The molecule has 6 nitrogen and oxygen atoms in total. The second-order valence-electron chi connectivity index (χ2n) is 7.07. The highest BCUT2D eigenvalue weighted by Crippen LogP contribution is 2.35. The van der Waals surface area contributed by atoms with Crippen LogP contribution in [0.15, 0.2) is 42.5 Å². The maximum atomic E-state index is 11.3. The molecule has 0 amide bonds. The molecule has 0 bridgehead atoms. The van der Waals surface area contributed by atoms with E-state index in [0.717, 1.165) is 54.1 Å². The van der Waals surface area contributed by atoms with Gasteiger partial charge in [-0.15, -0.1) is 0 Å². The second kappa shape index (κ2) is 6.87. The lowest BCUT2D eigenvalue weighted by Gasteiger charge is -2.11. The molecule has 1 aliphatic heterocycles. The summed E-state index contributed by atoms with van der Waals surface area (Å²) in [6, 6.07) is 13.3. The summed E-state index contributed by atoms with van der Waals surface area (Å²) in [4.78, 5) is 10.9. The minimum Gasteiger partial charge on any atom is -0.370 e. The van der Waals surface area contributed by atoms with Crippen molar-refractivity contribution in [3.8, 4) is 16.9 Å². The molecule has 1 N–H and O–H groups in total. The minimum absolute atomic E-state index is 0.0744. The molecule has 138 valence electrons. The van der Waals surface area contributed by atoms with E-state index < -0.39 is 0 Å². The summed E-state index contributed by atoms with van der Waals surface area (Å²) in [5.41, 5.74) is 6.18. The zero-order valence-electron chi connectivity index (χ0n) is 15.5. The minimum atomic E-state index is -0.362. The Morgan fingerprint density at radius 1 is 1.11 bits per heavy atom. The average molecular weight is 362 g/mol. The maximum Gasteiger partial charge on any atom is 0.271 e. The van der Waals surface area contributed by atoms with E-state index in [-0.39, 0.29) is 10.6 Å². The molecule has 0 atom stereocenters. The lowest BCUT2D eigenvalue weighted by atomic mass is 10.0. The van der Waals surface area contributed by atoms with Gasteiger partial charge in [-0.1, -0.05) is 35.9 Å². The predicted octanol–water partition coefficient (Wildman–Crippen LogP) is 4.81. The molecule has 3 aromatic rings. The third-order valence-corrected chi connectivity index (χ3v) is 5.09. The largest absolute Gasteiger partial charge is 0.370 e. The van der Waals surface area contributed by atoms with E-state index in [1.165, 1.54) is 17.2 Å². The van der Waals surface area contributed by atoms with Gasteiger partial charge in [0.05, 0.1) is 16.3 Å². The molecule has 0 aliphatic carbocycles. The van der Waals surface area contributed by atoms with Crippen molar-refractivity contribution >= 4 is 11.5 Å². The van der Waals surface area contributed by atoms with Gasteiger partial charge in [-0.25, -0.2) is 4.68 Å². The smallest absolute Gasteiger partial charge is 0.271 e. The quantitative estimate of drug-likeness (QED) is 0.536. The van der Waals surface area contributed by atoms with Crippen LogP contribution in [0.5, 0.6) is 0 Å². The Morgan fingerprint density at radius 3 is 2.63 bits per heavy atom. The van der Waals surface area contributed by atoms with Crippen molar-refractivity contribution in [2.45, 2.75) is 33.1 Å². The number of aryl methyl sites for hydroxylation is 2. The van der Waals surface area contributed by atoms with Gasteiger partial charge in [0, 0.05) is 29.8 Å². The highest BCUT2D eigenvalue weighted by atomic mass is 16.6. The van der Waals surface area contributed by atoms with Gasteiger partial charge < -0.3 is 5.32 Å². The number of hydrogen-bond acceptors (Lipinski definition) is 4. The third-order valence-electron chi connectivity index (χ3n) is 5.09. The van der Waals surface area contributed by atoms with Crippen LogP contribution >= 0.6 is 0 Å². The van der Waals surface area contributed by atoms with Gasteiger partial charge in [0.25, 0.3) is 5.69 Å². The summed E-state index contributed by atoms with van der Waals surface area (Å²) in [5, 5.41) is 19.7. The Balaban J connectivity index is 1.93. The molecule has 1 aromatic heterocycles. The van der Waals surface area contributed by atoms with Gasteiger partial charge in [0.2, 0.25) is 0 Å². The van der Waals surface area contributed by atoms with Crippen molar-refractivity contribution in [2.75, 3.05) is 11.9 Å². The number of aromatic nitrogens is 2. The third kappa shape index (κ3) is 3.18. The summed E-state index contributed by atoms with van der Waals surface area (Å²) in [5.74, 6) is 0.951. The molecule has 0 spiro atoms. The maximum absolute atomic E-state index is 11.3. The van der Waals surface area contributed by atoms with E-state index in [4.69, 9.17) is 5.10 Å². The number of nitrogens with zero attached hydrogens (tertiary/aromatic N) is 3. The molecule has 27 heavy (non-hydrogen) atoms. The molecule has 0 fully saturated rings. The second-order valence-corrected chi connectivity index (χ2v) is 7.07. The van der Waals surface area contributed by atoms with Crippen LogP contribution < -0.4 is 5.32 Å². The molecule has 0 unspecified atom stereocenters. The zero-order chi connectivity index (χ0) is 19.0. The standard InChI is InChI=1S/C21H22N4O2/c1-14-6-9-16(10-7-14)20-18-5-3-4-12-22-21(18)24(23-20)19-13-17(25(26)27)11-8-15(19)2/h6-11,13,22H,3-5,12H2,1-2H3. The number of nitro groups is 1. The predicted molar refractivity (Wildman–Crippen MR) is 107 cm³/mol. The zero-order valence-corrected chi connectivity index (χ0v) is 15.5. The van der Waals surface area contributed by atoms with E-state index >= 15 is 0 Å². The van der Waals surface area contributed by atoms with Gasteiger partial charge in [-0.05, 0) is 38.7 Å². The first-order valence-electron chi connectivity index (χ1n) is 9.23. The SMILES string of the molecule is Cc1ccc(-c2nn(-c3cc([N+](=O)[O-])ccc3C)c3c2CCCCN3)cc1. The number of benzene rings is 2. The van der Waals surface area contributed by atoms with Crippen LogP contribution in [0.25, 0.3) is 16.9 Å². The Kier molecular flexibility index (Phi) is 4.39. The van der Waals surface area contributed by atoms with Gasteiger partial charge in [-0.2, -0.15) is 5.10 Å². The molecule has 2 aromatic carbocycles. The Hall–Kier alpha value is -3.15. The molecule has 4 rings (SSSR count). The highest BCUT2D eigenvalue weighted by Gasteiger charge is 2.23. The molecule has 1 aliphatic rings. The lowest BCUT2D eigenvalue weighted by Crippen LogP contribution is -2.08. The van der Waals surface area contributed by atoms with E-state index in [0.29, 0.717) is 0 Å². The normalized spacial score (nSPS) is 13.6. The summed E-state index contributed by atoms with van der Waals surface area (Å²) in [6.07, 6.45) is 3.13.